The molecule has 0 aliphatic heterocycles. The molecule has 6 heteroatoms. The molecule has 3 N–H and O–H groups in total. The summed E-state index contributed by atoms with van der Waals surface area (Å²) in [5.74, 6) is 0.944. The van der Waals surface area contributed by atoms with Crippen LogP contribution in [0.1, 0.15) is 38.5 Å². The van der Waals surface area contributed by atoms with Gasteiger partial charge in [-0.2, -0.15) is 0 Å². The number of nitrogens with two attached hydrogens (primary N) is 1. The van der Waals surface area contributed by atoms with E-state index in [1.54, 1.807) is 0 Å². The number of hydrogen-bond donors (Lipinski definition) is 2. The first-order chi connectivity index (χ1) is 10.1. The molecule has 0 atom stereocenters. The average Bonchev–Trinajstić information content (AvgIpc) is 2.46. The van der Waals surface area contributed by atoms with Gasteiger partial charge >= 0.3 is 0 Å². The molecule has 1 aromatic rings. The Morgan fingerprint density at radius 1 is 1.32 bits per heavy atom. The number of halogens is 2. The molecule has 4 nitrogen and oxygen atoms in total. The maximum Gasteiger partial charge on any atom is 0.220 e. The van der Waals surface area contributed by atoms with Crippen molar-refractivity contribution in [2.45, 2.75) is 50.6 Å². The highest BCUT2D eigenvalue weighted by atomic mass is 79.9. The van der Waals surface area contributed by atoms with Crippen LogP contribution in [0.4, 0.5) is 0 Å². The molecule has 22 heavy (non-hydrogen) atoms. The molecule has 0 aromatic heterocycles. The molecule has 1 amide bonds. The van der Waals surface area contributed by atoms with Crippen molar-refractivity contribution in [2.75, 3.05) is 6.61 Å². The lowest BCUT2D eigenvalue weighted by atomic mass is 9.92. The highest BCUT2D eigenvalue weighted by Gasteiger charge is 2.19. The predicted octanol–water partition coefficient (Wildman–Crippen LogP) is 3.42. The Morgan fingerprint density at radius 3 is 2.73 bits per heavy atom. The fraction of sp³-hybridized carbons (Fsp3) is 0.562. The van der Waals surface area contributed by atoms with Crippen molar-refractivity contribution in [3.05, 3.63) is 28.7 Å². The molecule has 0 saturated heterocycles. The molecule has 124 valence electrons. The third kappa shape index (κ3) is 6.99. The van der Waals surface area contributed by atoms with E-state index in [9.17, 15) is 4.79 Å². The van der Waals surface area contributed by atoms with Crippen molar-refractivity contribution in [1.82, 2.24) is 5.32 Å². The molecule has 0 bridgehead atoms. The summed E-state index contributed by atoms with van der Waals surface area (Å²) < 4.78 is 6.61. The summed E-state index contributed by atoms with van der Waals surface area (Å²) in [4.78, 5) is 11.9. The zero-order chi connectivity index (χ0) is 15.1. The Hall–Kier alpha value is -0.780. The largest absolute Gasteiger partial charge is 0.494 e. The van der Waals surface area contributed by atoms with Gasteiger partial charge in [0.05, 0.1) is 6.61 Å². The molecular formula is C16H24BrClN2O2. The number of nitrogens with one attached hydrogen (secondary N) is 1. The number of benzene rings is 1. The predicted molar refractivity (Wildman–Crippen MR) is 94.5 cm³/mol. The minimum absolute atomic E-state index is 0. The maximum absolute atomic E-state index is 11.9. The maximum atomic E-state index is 11.9. The molecule has 0 spiro atoms. The minimum Gasteiger partial charge on any atom is -0.494 e. The number of amides is 1. The molecule has 2 rings (SSSR count). The van der Waals surface area contributed by atoms with Gasteiger partial charge in [-0.05, 0) is 50.3 Å². The SMILES string of the molecule is Cl.NC1CCC(NC(=O)CCCOc2cccc(Br)c2)CC1. The molecule has 0 radical (unpaired) electrons. The van der Waals surface area contributed by atoms with Crippen LogP contribution in [0.3, 0.4) is 0 Å². The quantitative estimate of drug-likeness (QED) is 0.730. The van der Waals surface area contributed by atoms with Gasteiger partial charge in [-0.1, -0.05) is 22.0 Å². The summed E-state index contributed by atoms with van der Waals surface area (Å²) in [7, 11) is 0. The number of hydrogen-bond acceptors (Lipinski definition) is 3. The van der Waals surface area contributed by atoms with Crippen molar-refractivity contribution in [3.63, 3.8) is 0 Å². The zero-order valence-electron chi connectivity index (χ0n) is 12.6. The first kappa shape index (κ1) is 19.3. The molecule has 1 aliphatic carbocycles. The first-order valence-electron chi connectivity index (χ1n) is 7.57. The second-order valence-electron chi connectivity index (χ2n) is 5.59. The van der Waals surface area contributed by atoms with E-state index in [0.717, 1.165) is 42.3 Å². The normalized spacial score (nSPS) is 20.8. The minimum atomic E-state index is 0. The highest BCUT2D eigenvalue weighted by molar-refractivity contribution is 9.10. The summed E-state index contributed by atoms with van der Waals surface area (Å²) >= 11 is 3.40. The van der Waals surface area contributed by atoms with Crippen LogP contribution in [-0.4, -0.2) is 24.6 Å². The Kier molecular flexibility index (Phi) is 8.83. The van der Waals surface area contributed by atoms with Gasteiger partial charge in [-0.15, -0.1) is 12.4 Å². The average molecular weight is 392 g/mol. The number of carbonyl (C=O) groups excluding carboxylic acids is 1. The van der Waals surface area contributed by atoms with Crippen LogP contribution in [0.15, 0.2) is 28.7 Å². The number of carbonyl (C=O) groups is 1. The lowest BCUT2D eigenvalue weighted by Gasteiger charge is -2.26. The fourth-order valence-electron chi connectivity index (χ4n) is 2.54. The van der Waals surface area contributed by atoms with E-state index in [0.29, 0.717) is 25.1 Å². The summed E-state index contributed by atoms with van der Waals surface area (Å²) in [5.41, 5.74) is 5.86. The molecular weight excluding hydrogens is 368 g/mol. The van der Waals surface area contributed by atoms with Crippen molar-refractivity contribution in [1.29, 1.82) is 0 Å². The van der Waals surface area contributed by atoms with Crippen LogP contribution in [0.2, 0.25) is 0 Å². The Balaban J connectivity index is 0.00000242. The van der Waals surface area contributed by atoms with Crippen LogP contribution < -0.4 is 15.8 Å². The highest BCUT2D eigenvalue weighted by Crippen LogP contribution is 2.18. The zero-order valence-corrected chi connectivity index (χ0v) is 15.0. The lowest BCUT2D eigenvalue weighted by molar-refractivity contribution is -0.122. The molecule has 1 aliphatic rings. The van der Waals surface area contributed by atoms with Crippen LogP contribution in [0.5, 0.6) is 5.75 Å². The van der Waals surface area contributed by atoms with Crippen LogP contribution in [0.25, 0.3) is 0 Å². The Bertz CT molecular complexity index is 465. The van der Waals surface area contributed by atoms with Crippen molar-refractivity contribution < 1.29 is 9.53 Å². The summed E-state index contributed by atoms with van der Waals surface area (Å²) in [6.07, 6.45) is 5.26. The molecule has 0 heterocycles. The molecule has 1 saturated carbocycles. The standard InChI is InChI=1S/C16H23BrN2O2.ClH/c17-12-3-1-4-15(11-12)21-10-2-5-16(20)19-14-8-6-13(18)7-9-14;/h1,3-4,11,13-14H,2,5-10,18H2,(H,19,20);1H. The van der Waals surface area contributed by atoms with E-state index < -0.39 is 0 Å². The van der Waals surface area contributed by atoms with Crippen LogP contribution >= 0.6 is 28.3 Å². The Morgan fingerprint density at radius 2 is 2.05 bits per heavy atom. The van der Waals surface area contributed by atoms with Gasteiger partial charge in [0, 0.05) is 23.0 Å². The van der Waals surface area contributed by atoms with E-state index in [4.69, 9.17) is 10.5 Å². The summed E-state index contributed by atoms with van der Waals surface area (Å²) in [6.45, 7) is 0.555. The van der Waals surface area contributed by atoms with E-state index >= 15 is 0 Å². The van der Waals surface area contributed by atoms with Gasteiger partial charge in [0.2, 0.25) is 5.91 Å². The summed E-state index contributed by atoms with van der Waals surface area (Å²) in [5, 5.41) is 3.09. The van der Waals surface area contributed by atoms with E-state index in [1.165, 1.54) is 0 Å². The second kappa shape index (κ2) is 10.1. The fourth-order valence-corrected chi connectivity index (χ4v) is 2.92. The van der Waals surface area contributed by atoms with E-state index in [2.05, 4.69) is 21.2 Å². The van der Waals surface area contributed by atoms with Gasteiger partial charge in [-0.3, -0.25) is 4.79 Å². The van der Waals surface area contributed by atoms with E-state index in [-0.39, 0.29) is 18.3 Å². The number of ether oxygens (including phenoxy) is 1. The molecule has 0 unspecified atom stereocenters. The van der Waals surface area contributed by atoms with Gasteiger partial charge < -0.3 is 15.8 Å². The third-order valence-corrected chi connectivity index (χ3v) is 4.24. The Labute approximate surface area is 146 Å². The van der Waals surface area contributed by atoms with Gasteiger partial charge in [0.1, 0.15) is 5.75 Å². The first-order valence-corrected chi connectivity index (χ1v) is 8.36. The summed E-state index contributed by atoms with van der Waals surface area (Å²) in [6, 6.07) is 8.35. The lowest BCUT2D eigenvalue weighted by Crippen LogP contribution is -2.40. The van der Waals surface area contributed by atoms with Crippen molar-refractivity contribution in [3.8, 4) is 5.75 Å². The van der Waals surface area contributed by atoms with Crippen LogP contribution in [0, 0.1) is 0 Å². The second-order valence-corrected chi connectivity index (χ2v) is 6.50. The smallest absolute Gasteiger partial charge is 0.220 e. The number of rotatable bonds is 6. The van der Waals surface area contributed by atoms with Crippen LogP contribution in [-0.2, 0) is 4.79 Å². The topological polar surface area (TPSA) is 64.3 Å². The van der Waals surface area contributed by atoms with Crippen molar-refractivity contribution >= 4 is 34.2 Å². The van der Waals surface area contributed by atoms with E-state index in [1.807, 2.05) is 24.3 Å². The van der Waals surface area contributed by atoms with Gasteiger partial charge in [0.15, 0.2) is 0 Å². The molecule has 1 aromatic carbocycles. The third-order valence-electron chi connectivity index (χ3n) is 3.75. The monoisotopic (exact) mass is 390 g/mol. The van der Waals surface area contributed by atoms with Gasteiger partial charge in [0.25, 0.3) is 0 Å². The molecule has 1 fully saturated rings. The van der Waals surface area contributed by atoms with Gasteiger partial charge in [-0.25, -0.2) is 0 Å². The van der Waals surface area contributed by atoms with Crippen molar-refractivity contribution in [2.24, 2.45) is 5.73 Å².